The van der Waals surface area contributed by atoms with Crippen LogP contribution in [0.4, 0.5) is 0 Å². The van der Waals surface area contributed by atoms with Crippen LogP contribution >= 0.6 is 27.7 Å². The van der Waals surface area contributed by atoms with E-state index in [0.29, 0.717) is 35.7 Å². The molecule has 0 aliphatic rings. The van der Waals surface area contributed by atoms with Crippen LogP contribution in [-0.2, 0) is 6.61 Å². The molecule has 198 valence electrons. The van der Waals surface area contributed by atoms with Gasteiger partial charge in [0.15, 0.2) is 16.7 Å². The van der Waals surface area contributed by atoms with Gasteiger partial charge in [0, 0.05) is 15.1 Å². The van der Waals surface area contributed by atoms with Gasteiger partial charge in [-0.3, -0.25) is 14.7 Å². The first-order chi connectivity index (χ1) is 18.4. The van der Waals surface area contributed by atoms with Gasteiger partial charge in [-0.15, -0.1) is 10.2 Å². The van der Waals surface area contributed by atoms with Crippen molar-refractivity contribution in [3.05, 3.63) is 98.3 Å². The lowest BCUT2D eigenvalue weighted by atomic mass is 10.1. The van der Waals surface area contributed by atoms with Gasteiger partial charge in [0.1, 0.15) is 23.4 Å². The highest BCUT2D eigenvalue weighted by atomic mass is 79.9. The number of hydrogen-bond acceptors (Lipinski definition) is 8. The zero-order valence-electron chi connectivity index (χ0n) is 21.2. The molecule has 1 aromatic heterocycles. The van der Waals surface area contributed by atoms with Crippen molar-refractivity contribution in [3.8, 4) is 22.9 Å². The number of rotatable bonds is 12. The van der Waals surface area contributed by atoms with Crippen molar-refractivity contribution in [2.75, 3.05) is 20.3 Å². The maximum absolute atomic E-state index is 11.6. The van der Waals surface area contributed by atoms with E-state index in [-0.39, 0.29) is 11.5 Å². The molecule has 0 radical (unpaired) electrons. The molecule has 3 aromatic carbocycles. The van der Waals surface area contributed by atoms with Gasteiger partial charge < -0.3 is 14.2 Å². The van der Waals surface area contributed by atoms with Crippen molar-refractivity contribution in [1.29, 1.82) is 0 Å². The monoisotopic (exact) mass is 598 g/mol. The Morgan fingerprint density at radius 2 is 1.76 bits per heavy atom. The fourth-order valence-electron chi connectivity index (χ4n) is 3.79. The highest BCUT2D eigenvalue weighted by Gasteiger charge is 2.25. The molecule has 0 saturated carbocycles. The molecular weight excluding hydrogens is 572 g/mol. The van der Waals surface area contributed by atoms with Crippen LogP contribution in [-0.4, -0.2) is 39.9 Å². The minimum Gasteiger partial charge on any atom is -0.494 e. The Kier molecular flexibility index (Phi) is 9.24. The molecule has 11 heteroatoms. The van der Waals surface area contributed by atoms with Gasteiger partial charge in [-0.1, -0.05) is 45.9 Å². The molecule has 4 rings (SSSR count). The molecule has 0 aliphatic carbocycles. The highest BCUT2D eigenvalue weighted by Crippen LogP contribution is 2.39. The summed E-state index contributed by atoms with van der Waals surface area (Å²) >= 11 is 4.71. The predicted octanol–water partition coefficient (Wildman–Crippen LogP) is 6.43. The van der Waals surface area contributed by atoms with Gasteiger partial charge in [0.25, 0.3) is 0 Å². The molecule has 1 heterocycles. The smallest absolute Gasteiger partial charge is 0.220 e. The van der Waals surface area contributed by atoms with Gasteiger partial charge in [-0.2, -0.15) is 0 Å². The van der Waals surface area contributed by atoms with Gasteiger partial charge in [-0.05, 0) is 73.5 Å². The van der Waals surface area contributed by atoms with E-state index in [1.807, 2.05) is 73.0 Å². The van der Waals surface area contributed by atoms with Gasteiger partial charge in [-0.25, -0.2) is 0 Å². The molecule has 1 atom stereocenters. The Labute approximate surface area is 233 Å². The molecule has 0 spiro atoms. The summed E-state index contributed by atoms with van der Waals surface area (Å²) in [4.78, 5) is 11.3. The second-order valence-electron chi connectivity index (χ2n) is 8.24. The molecule has 0 bridgehead atoms. The lowest BCUT2D eigenvalue weighted by molar-refractivity contribution is -0.479. The molecule has 0 amide bonds. The lowest BCUT2D eigenvalue weighted by Crippen LogP contribution is -2.11. The maximum Gasteiger partial charge on any atom is 0.220 e. The predicted molar refractivity (Wildman–Crippen MR) is 149 cm³/mol. The molecule has 0 aliphatic heterocycles. The largest absolute Gasteiger partial charge is 0.494 e. The van der Waals surface area contributed by atoms with Crippen LogP contribution < -0.4 is 14.2 Å². The van der Waals surface area contributed by atoms with Crippen LogP contribution in [0.3, 0.4) is 0 Å². The fraction of sp³-hybridized carbons (Fsp3) is 0.259. The van der Waals surface area contributed by atoms with E-state index in [4.69, 9.17) is 14.2 Å². The Morgan fingerprint density at radius 3 is 2.42 bits per heavy atom. The van der Waals surface area contributed by atoms with E-state index in [2.05, 4.69) is 26.1 Å². The number of nitro groups is 1. The molecule has 0 fully saturated rings. The quantitative estimate of drug-likeness (QED) is 0.104. The summed E-state index contributed by atoms with van der Waals surface area (Å²) < 4.78 is 20.0. The number of nitrogens with zero attached hydrogens (tertiary/aromatic N) is 4. The average molecular weight is 600 g/mol. The Bertz CT molecular complexity index is 1380. The van der Waals surface area contributed by atoms with Gasteiger partial charge in [0.05, 0.1) is 13.7 Å². The number of aryl methyl sites for hydroxylation is 1. The SMILES string of the molecule is CCOc1ccc(-n2c(C)nnc2S[C@H](C[N+](=O)[O-])c2ccc(OCc3ccc(Br)cc3)c(OC)c2)cc1. The number of benzene rings is 3. The molecule has 0 unspecified atom stereocenters. The molecule has 0 N–H and O–H groups in total. The average Bonchev–Trinajstić information content (AvgIpc) is 3.28. The highest BCUT2D eigenvalue weighted by molar-refractivity contribution is 9.10. The third-order valence-corrected chi connectivity index (χ3v) is 7.34. The van der Waals surface area contributed by atoms with Crippen molar-refractivity contribution in [1.82, 2.24) is 14.8 Å². The normalized spacial score (nSPS) is 11.7. The maximum atomic E-state index is 11.6. The summed E-state index contributed by atoms with van der Waals surface area (Å²) in [5.41, 5.74) is 2.57. The van der Waals surface area contributed by atoms with Crippen LogP contribution in [0.25, 0.3) is 5.69 Å². The number of ether oxygens (including phenoxy) is 3. The Hall–Kier alpha value is -3.57. The molecule has 0 saturated heterocycles. The van der Waals surface area contributed by atoms with Crippen molar-refractivity contribution in [2.45, 2.75) is 30.9 Å². The van der Waals surface area contributed by atoms with E-state index in [0.717, 1.165) is 27.0 Å². The van der Waals surface area contributed by atoms with Crippen molar-refractivity contribution < 1.29 is 19.1 Å². The standard InChI is InChI=1S/C27H27BrN4O5S/c1-4-36-23-12-10-22(11-13-23)32-18(2)29-30-27(32)38-26(16-31(33)34)20-7-14-24(25(15-20)35-3)37-17-19-5-8-21(28)9-6-19/h5-15,26H,4,16-17H2,1-3H3/t26-/m1/s1. The second kappa shape index (κ2) is 12.8. The first-order valence-electron chi connectivity index (χ1n) is 11.9. The van der Waals surface area contributed by atoms with E-state index in [1.165, 1.54) is 11.8 Å². The summed E-state index contributed by atoms with van der Waals surface area (Å²) in [5.74, 6) is 2.48. The summed E-state index contributed by atoms with van der Waals surface area (Å²) in [5, 5.41) is 20.2. The van der Waals surface area contributed by atoms with Crippen molar-refractivity contribution in [2.24, 2.45) is 0 Å². The van der Waals surface area contributed by atoms with Crippen LogP contribution in [0, 0.1) is 17.0 Å². The minimum absolute atomic E-state index is 0.303. The van der Waals surface area contributed by atoms with Crippen molar-refractivity contribution in [3.63, 3.8) is 0 Å². The summed E-state index contributed by atoms with van der Waals surface area (Å²) in [6.45, 7) is 4.41. The van der Waals surface area contributed by atoms with Gasteiger partial charge in [0.2, 0.25) is 6.54 Å². The summed E-state index contributed by atoms with van der Waals surface area (Å²) in [7, 11) is 1.55. The fourth-order valence-corrected chi connectivity index (χ4v) is 5.22. The van der Waals surface area contributed by atoms with Crippen molar-refractivity contribution >= 4 is 27.7 Å². The zero-order valence-corrected chi connectivity index (χ0v) is 23.6. The van der Waals surface area contributed by atoms with E-state index < -0.39 is 5.25 Å². The number of methoxy groups -OCH3 is 1. The number of hydrogen-bond donors (Lipinski definition) is 0. The number of thioether (sulfide) groups is 1. The van der Waals surface area contributed by atoms with Crippen LogP contribution in [0.5, 0.6) is 17.2 Å². The molecule has 4 aromatic rings. The summed E-state index contributed by atoms with van der Waals surface area (Å²) in [6.07, 6.45) is 0. The third-order valence-electron chi connectivity index (χ3n) is 5.63. The zero-order chi connectivity index (χ0) is 27.1. The van der Waals surface area contributed by atoms with Crippen LogP contribution in [0.2, 0.25) is 0 Å². The van der Waals surface area contributed by atoms with Crippen LogP contribution in [0.15, 0.2) is 76.4 Å². The molecule has 9 nitrogen and oxygen atoms in total. The van der Waals surface area contributed by atoms with E-state index in [9.17, 15) is 10.1 Å². The number of halogens is 1. The van der Waals surface area contributed by atoms with Gasteiger partial charge >= 0.3 is 0 Å². The first kappa shape index (κ1) is 27.5. The topological polar surface area (TPSA) is 102 Å². The minimum atomic E-state index is -0.538. The third kappa shape index (κ3) is 6.84. The Balaban J connectivity index is 1.58. The second-order valence-corrected chi connectivity index (χ2v) is 10.3. The number of aromatic nitrogens is 3. The Morgan fingerprint density at radius 1 is 1.03 bits per heavy atom. The lowest BCUT2D eigenvalue weighted by Gasteiger charge is -2.17. The molecular formula is C27H27BrN4O5S. The molecule has 38 heavy (non-hydrogen) atoms. The first-order valence-corrected chi connectivity index (χ1v) is 13.5. The van der Waals surface area contributed by atoms with E-state index >= 15 is 0 Å². The van der Waals surface area contributed by atoms with Crippen LogP contribution in [0.1, 0.15) is 29.1 Å². The van der Waals surface area contributed by atoms with E-state index in [1.54, 1.807) is 19.2 Å². The summed E-state index contributed by atoms with van der Waals surface area (Å²) in [6, 6.07) is 20.8.